The number of anilines is 2. The van der Waals surface area contributed by atoms with E-state index in [1.807, 2.05) is 36.4 Å². The van der Waals surface area contributed by atoms with Crippen molar-refractivity contribution in [1.29, 1.82) is 0 Å². The van der Waals surface area contributed by atoms with Crippen LogP contribution in [-0.4, -0.2) is 48.0 Å². The maximum absolute atomic E-state index is 14.6. The highest BCUT2D eigenvalue weighted by molar-refractivity contribution is 14.1. The molecule has 1 aromatic heterocycles. The van der Waals surface area contributed by atoms with Crippen LogP contribution in [0.2, 0.25) is 0 Å². The molecule has 0 aliphatic carbocycles. The van der Waals surface area contributed by atoms with E-state index < -0.39 is 23.7 Å². The van der Waals surface area contributed by atoms with Gasteiger partial charge in [0, 0.05) is 16.7 Å². The second-order valence-electron chi connectivity index (χ2n) is 9.20. The summed E-state index contributed by atoms with van der Waals surface area (Å²) in [5, 5.41) is 18.3. The molecule has 1 unspecified atom stereocenters. The van der Waals surface area contributed by atoms with Gasteiger partial charge >= 0.3 is 5.97 Å². The van der Waals surface area contributed by atoms with Crippen LogP contribution in [0, 0.1) is 14.8 Å². The third-order valence-electron chi connectivity index (χ3n) is 5.55. The van der Waals surface area contributed by atoms with Crippen molar-refractivity contribution in [2.45, 2.75) is 39.2 Å². The number of benzene rings is 1. The van der Waals surface area contributed by atoms with Crippen LogP contribution < -0.4 is 27.4 Å². The molecule has 2 heterocycles. The molecule has 36 heavy (non-hydrogen) atoms. The molecule has 1 aliphatic heterocycles. The second-order valence-corrected chi connectivity index (χ2v) is 11.5. The number of halogens is 2. The van der Waals surface area contributed by atoms with Crippen LogP contribution in [0.15, 0.2) is 23.2 Å². The Balaban J connectivity index is 1.99. The molecule has 2 aromatic rings. The normalized spacial score (nSPS) is 15.2. The number of fused-ring (bicyclic) bond motifs is 1. The summed E-state index contributed by atoms with van der Waals surface area (Å²) in [5.41, 5.74) is 11.0. The van der Waals surface area contributed by atoms with Crippen LogP contribution in [0.4, 0.5) is 15.1 Å². The van der Waals surface area contributed by atoms with E-state index in [1.54, 1.807) is 6.07 Å². The fraction of sp³-hybridized carbons (Fsp3) is 0.391. The van der Waals surface area contributed by atoms with Gasteiger partial charge in [0.15, 0.2) is 5.96 Å². The topological polar surface area (TPSA) is 172 Å². The highest BCUT2D eigenvalue weighted by atomic mass is 127. The van der Waals surface area contributed by atoms with E-state index in [9.17, 15) is 23.9 Å². The highest BCUT2D eigenvalue weighted by Crippen LogP contribution is 2.40. The van der Waals surface area contributed by atoms with Gasteiger partial charge in [-0.05, 0) is 71.0 Å². The lowest BCUT2D eigenvalue weighted by atomic mass is 9.85. The molecule has 1 aliphatic rings. The van der Waals surface area contributed by atoms with Crippen molar-refractivity contribution in [2.75, 3.05) is 18.4 Å². The van der Waals surface area contributed by atoms with E-state index in [0.29, 0.717) is 33.4 Å². The minimum absolute atomic E-state index is 0.0880. The first-order valence-electron chi connectivity index (χ1n) is 11.1. The zero-order chi connectivity index (χ0) is 26.6. The van der Waals surface area contributed by atoms with Crippen molar-refractivity contribution in [2.24, 2.45) is 21.9 Å². The molecule has 3 rings (SSSR count). The molecular weight excluding hydrogens is 602 g/mol. The third kappa shape index (κ3) is 6.84. The van der Waals surface area contributed by atoms with E-state index >= 15 is 0 Å². The van der Waals surface area contributed by atoms with Crippen LogP contribution in [-0.2, 0) is 11.2 Å². The number of carbonyl (C=O) groups is 3. The number of hydrogen-bond donors (Lipinski definition) is 6. The number of carboxylic acid groups (broad SMARTS) is 1. The van der Waals surface area contributed by atoms with Crippen LogP contribution in [0.3, 0.4) is 0 Å². The van der Waals surface area contributed by atoms with Gasteiger partial charge in [-0.25, -0.2) is 9.18 Å². The van der Waals surface area contributed by atoms with Crippen molar-refractivity contribution < 1.29 is 23.9 Å². The summed E-state index contributed by atoms with van der Waals surface area (Å²) in [5.74, 6) is -2.85. The average molecular weight is 630 g/mol. The lowest BCUT2D eigenvalue weighted by Crippen LogP contribution is -2.41. The minimum Gasteiger partial charge on any atom is -0.480 e. The standard InChI is InChI=1S/C23H28FIN6O4S/c1-23(2)9-12-16(18(32)30-15(21(34)35)4-3-7-28-22(26)27)20(36-17(12)19(33)29-10-23)31-14-6-5-11(25)8-13(14)24/h5-6,8,15,31H,3-4,7,9-10H2,1-2H3,(H,29,33)(H,30,32)(H,34,35)(H4,26,27,28). The van der Waals surface area contributed by atoms with Gasteiger partial charge in [0.1, 0.15) is 16.9 Å². The van der Waals surface area contributed by atoms with Gasteiger partial charge in [-0.3, -0.25) is 14.6 Å². The number of nitrogens with two attached hydrogens (primary N) is 2. The third-order valence-corrected chi connectivity index (χ3v) is 7.37. The summed E-state index contributed by atoms with van der Waals surface area (Å²) in [4.78, 5) is 42.4. The quantitative estimate of drug-likeness (QED) is 0.107. The molecule has 8 N–H and O–H groups in total. The van der Waals surface area contributed by atoms with Crippen LogP contribution in [0.1, 0.15) is 52.3 Å². The summed E-state index contributed by atoms with van der Waals surface area (Å²) >= 11 is 3.02. The van der Waals surface area contributed by atoms with E-state index in [0.717, 1.165) is 11.3 Å². The maximum atomic E-state index is 14.6. The first-order chi connectivity index (χ1) is 16.9. The van der Waals surface area contributed by atoms with Crippen molar-refractivity contribution in [1.82, 2.24) is 10.6 Å². The van der Waals surface area contributed by atoms with Gasteiger partial charge in [-0.15, -0.1) is 11.3 Å². The molecule has 0 saturated heterocycles. The number of rotatable bonds is 9. The average Bonchev–Trinajstić information content (AvgIpc) is 3.07. The molecule has 0 saturated carbocycles. The zero-order valence-electron chi connectivity index (χ0n) is 19.8. The molecular formula is C23H28FIN6O4S. The number of amides is 2. The molecule has 0 radical (unpaired) electrons. The van der Waals surface area contributed by atoms with Crippen molar-refractivity contribution in [3.05, 3.63) is 43.6 Å². The number of guanidine groups is 1. The fourth-order valence-corrected chi connectivity index (χ4v) is 5.39. The summed E-state index contributed by atoms with van der Waals surface area (Å²) in [6.45, 7) is 4.53. The van der Waals surface area contributed by atoms with Gasteiger partial charge in [0.05, 0.1) is 16.1 Å². The number of hydrogen-bond acceptors (Lipinski definition) is 6. The Morgan fingerprint density at radius 2 is 2.08 bits per heavy atom. The van der Waals surface area contributed by atoms with Gasteiger partial charge in [-0.1, -0.05) is 13.8 Å². The number of nitrogens with zero attached hydrogens (tertiary/aromatic N) is 1. The lowest BCUT2D eigenvalue weighted by molar-refractivity contribution is -0.139. The van der Waals surface area contributed by atoms with E-state index in [-0.39, 0.29) is 46.5 Å². The summed E-state index contributed by atoms with van der Waals surface area (Å²) in [6.07, 6.45) is 0.801. The van der Waals surface area contributed by atoms with Crippen molar-refractivity contribution in [3.8, 4) is 0 Å². The van der Waals surface area contributed by atoms with Crippen molar-refractivity contribution >= 4 is 68.4 Å². The Labute approximate surface area is 225 Å². The highest BCUT2D eigenvalue weighted by Gasteiger charge is 2.35. The Kier molecular flexibility index (Phi) is 8.76. The number of nitrogens with one attached hydrogen (secondary N) is 3. The summed E-state index contributed by atoms with van der Waals surface area (Å²) < 4.78 is 15.3. The number of carbonyl (C=O) groups excluding carboxylic acids is 2. The predicted octanol–water partition coefficient (Wildman–Crippen LogP) is 2.78. The molecule has 0 spiro atoms. The first-order valence-corrected chi connectivity index (χ1v) is 13.0. The predicted molar refractivity (Wildman–Crippen MR) is 145 cm³/mol. The van der Waals surface area contributed by atoms with E-state index in [1.165, 1.54) is 12.1 Å². The Hall–Kier alpha value is -2.94. The van der Waals surface area contributed by atoms with E-state index in [4.69, 9.17) is 11.5 Å². The summed E-state index contributed by atoms with van der Waals surface area (Å²) in [6, 6.07) is 3.38. The Bertz CT molecular complexity index is 1210. The van der Waals surface area contributed by atoms with Gasteiger partial charge in [-0.2, -0.15) is 0 Å². The minimum atomic E-state index is -1.22. The SMILES string of the molecule is CC1(C)CNC(=O)c2sc(Nc3ccc(I)cc3F)c(C(=O)NC(CCCN=C(N)N)C(=O)O)c2C1. The smallest absolute Gasteiger partial charge is 0.326 e. The maximum Gasteiger partial charge on any atom is 0.326 e. The summed E-state index contributed by atoms with van der Waals surface area (Å²) in [7, 11) is 0. The van der Waals surface area contributed by atoms with Crippen LogP contribution in [0.25, 0.3) is 0 Å². The first kappa shape index (κ1) is 27.6. The second kappa shape index (κ2) is 11.4. The lowest BCUT2D eigenvalue weighted by Gasteiger charge is -2.23. The largest absolute Gasteiger partial charge is 0.480 e. The molecule has 1 aromatic carbocycles. The zero-order valence-corrected chi connectivity index (χ0v) is 22.8. The molecule has 0 bridgehead atoms. The number of aliphatic imine (C=N–C) groups is 1. The Morgan fingerprint density at radius 3 is 2.72 bits per heavy atom. The fourth-order valence-electron chi connectivity index (χ4n) is 3.79. The Morgan fingerprint density at radius 1 is 1.36 bits per heavy atom. The van der Waals surface area contributed by atoms with Gasteiger partial charge < -0.3 is 32.5 Å². The monoisotopic (exact) mass is 630 g/mol. The van der Waals surface area contributed by atoms with Gasteiger partial charge in [0.25, 0.3) is 11.8 Å². The molecule has 13 heteroatoms. The molecule has 10 nitrogen and oxygen atoms in total. The van der Waals surface area contributed by atoms with Gasteiger partial charge in [0.2, 0.25) is 0 Å². The van der Waals surface area contributed by atoms with Crippen LogP contribution in [0.5, 0.6) is 0 Å². The van der Waals surface area contributed by atoms with Crippen molar-refractivity contribution in [3.63, 3.8) is 0 Å². The van der Waals surface area contributed by atoms with E-state index in [2.05, 4.69) is 20.9 Å². The number of carboxylic acids is 1. The molecule has 1 atom stereocenters. The molecule has 2 amide bonds. The van der Waals surface area contributed by atoms with Crippen LogP contribution >= 0.6 is 33.9 Å². The molecule has 0 fully saturated rings. The number of aliphatic carboxylic acids is 1. The molecule has 194 valence electrons. The number of thiophene rings is 1.